The van der Waals surface area contributed by atoms with Crippen molar-refractivity contribution in [2.75, 3.05) is 0 Å². The second-order valence-corrected chi connectivity index (χ2v) is 8.11. The van der Waals surface area contributed by atoms with Crippen LogP contribution in [-0.4, -0.2) is 39.5 Å². The summed E-state index contributed by atoms with van der Waals surface area (Å²) in [6, 6.07) is 11.7. The molecule has 170 valence electrons. The fraction of sp³-hybridized carbons (Fsp3) is 0.125. The van der Waals surface area contributed by atoms with E-state index in [2.05, 4.69) is 70.8 Å². The first-order valence-corrected chi connectivity index (χ1v) is 13.0. The number of halogens is 4. The first-order chi connectivity index (χ1) is 14.7. The van der Waals surface area contributed by atoms with Gasteiger partial charge in [0, 0.05) is 12.4 Å². The molecule has 0 aromatic carbocycles. The van der Waals surface area contributed by atoms with Crippen molar-refractivity contribution in [2.24, 2.45) is 0 Å². The maximum Gasteiger partial charge on any atom is 0.119 e. The van der Waals surface area contributed by atoms with Crippen molar-refractivity contribution in [3.8, 4) is 0 Å². The zero-order valence-electron chi connectivity index (χ0n) is 15.0. The van der Waals surface area contributed by atoms with E-state index >= 15 is 0 Å². The first kappa shape index (κ1) is 26.8. The van der Waals surface area contributed by atoms with Gasteiger partial charge in [-0.15, -0.1) is 20.4 Å². The van der Waals surface area contributed by atoms with E-state index in [1.54, 1.807) is 37.7 Å². The number of rotatable bonds is 4. The van der Waals surface area contributed by atoms with Crippen LogP contribution >= 0.6 is 40.4 Å². The maximum atomic E-state index is 4.67. The standard InChI is InChI=1S/2C8H8N4.4ClH.2Cu/c2*1-2-4-9-8(3-1)5-12-6-10-11-7-12;;;;;;/h2*1-4,6-7H,5H2;4*1H;;/q;;;;;;2*+2/p-4. The molecule has 0 fully saturated rings. The molecule has 0 unspecified atom stereocenters. The Hall–Kier alpha value is -1.22. The maximum absolute atomic E-state index is 4.67. The second-order valence-electron chi connectivity index (χ2n) is 5.00. The molecule has 4 heterocycles. The topological polar surface area (TPSA) is 87.2 Å². The fourth-order valence-corrected chi connectivity index (χ4v) is 1.96. The Morgan fingerprint density at radius 1 is 0.600 bits per heavy atom. The number of pyridine rings is 2. The molecular formula is C16H16Cl4Cu2N8. The van der Waals surface area contributed by atoms with Crippen LogP contribution in [-0.2, 0) is 39.4 Å². The molecule has 30 heavy (non-hydrogen) atoms. The monoisotopic (exact) mass is 586 g/mol. The van der Waals surface area contributed by atoms with E-state index in [0.29, 0.717) is 0 Å². The number of hydrogen-bond acceptors (Lipinski definition) is 6. The van der Waals surface area contributed by atoms with E-state index in [9.17, 15) is 0 Å². The van der Waals surface area contributed by atoms with Crippen LogP contribution in [0.5, 0.6) is 0 Å². The van der Waals surface area contributed by atoms with Crippen LogP contribution in [0.4, 0.5) is 0 Å². The summed E-state index contributed by atoms with van der Waals surface area (Å²) in [6.45, 7) is 1.46. The molecular weight excluding hydrogens is 573 g/mol. The molecule has 4 aromatic heterocycles. The Bertz CT molecular complexity index is 782. The third kappa shape index (κ3) is 13.2. The largest absolute Gasteiger partial charge is 0.314 e. The molecule has 14 heteroatoms. The van der Waals surface area contributed by atoms with Crippen molar-refractivity contribution in [2.45, 2.75) is 13.1 Å². The molecule has 0 bridgehead atoms. The predicted molar refractivity (Wildman–Crippen MR) is 110 cm³/mol. The Morgan fingerprint density at radius 2 is 0.933 bits per heavy atom. The molecule has 0 saturated heterocycles. The van der Waals surface area contributed by atoms with Gasteiger partial charge in [0.1, 0.15) is 25.3 Å². The SMILES string of the molecule is [Cl][Cu][Cl].[Cl][Cu][Cl].c1ccc(Cn2cnnc2)nc1.c1ccc(Cn2cnnc2)nc1. The van der Waals surface area contributed by atoms with E-state index in [0.717, 1.165) is 50.7 Å². The zero-order chi connectivity index (χ0) is 21.9. The third-order valence-corrected chi connectivity index (χ3v) is 3.07. The quantitative estimate of drug-likeness (QED) is 0.332. The summed E-state index contributed by atoms with van der Waals surface area (Å²) < 4.78 is 3.75. The Morgan fingerprint density at radius 3 is 1.20 bits per heavy atom. The van der Waals surface area contributed by atoms with Crippen molar-refractivity contribution in [1.82, 2.24) is 39.5 Å². The van der Waals surface area contributed by atoms with Crippen molar-refractivity contribution in [3.05, 3.63) is 85.5 Å². The number of nitrogens with zero attached hydrogens (tertiary/aromatic N) is 8. The molecule has 0 N–H and O–H groups in total. The van der Waals surface area contributed by atoms with Crippen molar-refractivity contribution in [1.29, 1.82) is 0 Å². The second kappa shape index (κ2) is 18.5. The minimum atomic E-state index is 0.730. The van der Waals surface area contributed by atoms with Gasteiger partial charge in [0.05, 0.1) is 24.5 Å². The number of aromatic nitrogens is 8. The molecule has 0 aliphatic carbocycles. The Balaban J connectivity index is 0.000000239. The van der Waals surface area contributed by atoms with Gasteiger partial charge in [-0.1, -0.05) is 12.1 Å². The molecule has 0 amide bonds. The van der Waals surface area contributed by atoms with Crippen molar-refractivity contribution in [3.63, 3.8) is 0 Å². The van der Waals surface area contributed by atoms with E-state index in [1.165, 1.54) is 0 Å². The average molecular weight is 589 g/mol. The van der Waals surface area contributed by atoms with Crippen LogP contribution in [0, 0.1) is 0 Å². The van der Waals surface area contributed by atoms with Crippen LogP contribution in [0.15, 0.2) is 74.1 Å². The van der Waals surface area contributed by atoms with Crippen molar-refractivity contribution < 1.29 is 26.3 Å². The summed E-state index contributed by atoms with van der Waals surface area (Å²) in [6.07, 6.45) is 10.3. The minimum Gasteiger partial charge on any atom is -0.314 e. The van der Waals surface area contributed by atoms with Gasteiger partial charge in [0.25, 0.3) is 0 Å². The first-order valence-electron chi connectivity index (χ1n) is 7.80. The van der Waals surface area contributed by atoms with Crippen LogP contribution in [0.2, 0.25) is 0 Å². The molecule has 8 nitrogen and oxygen atoms in total. The Kier molecular flexibility index (Phi) is 16.6. The van der Waals surface area contributed by atoms with Gasteiger partial charge in [0.15, 0.2) is 0 Å². The van der Waals surface area contributed by atoms with Crippen LogP contribution in [0.3, 0.4) is 0 Å². The van der Waals surface area contributed by atoms with Gasteiger partial charge in [-0.25, -0.2) is 0 Å². The van der Waals surface area contributed by atoms with Crippen LogP contribution < -0.4 is 0 Å². The van der Waals surface area contributed by atoms with E-state index in [4.69, 9.17) is 0 Å². The Labute approximate surface area is 203 Å². The normalized spacial score (nSPS) is 9.47. The minimum absolute atomic E-state index is 0.730. The molecule has 0 saturated carbocycles. The van der Waals surface area contributed by atoms with E-state index in [1.807, 2.05) is 45.5 Å². The predicted octanol–water partition coefficient (Wildman–Crippen LogP) is 4.20. The summed E-state index contributed by atoms with van der Waals surface area (Å²) >= 11 is 1.51. The molecule has 4 aromatic rings. The molecule has 0 aliphatic rings. The zero-order valence-corrected chi connectivity index (χ0v) is 19.9. The summed E-state index contributed by atoms with van der Waals surface area (Å²) in [5.41, 5.74) is 2.02. The molecule has 0 spiro atoms. The van der Waals surface area contributed by atoms with Crippen molar-refractivity contribution >= 4 is 40.4 Å². The van der Waals surface area contributed by atoms with Gasteiger partial charge < -0.3 is 9.13 Å². The molecule has 0 atom stereocenters. The van der Waals surface area contributed by atoms with Gasteiger partial charge in [-0.2, -0.15) is 0 Å². The van der Waals surface area contributed by atoms with Gasteiger partial charge in [-0.3, -0.25) is 9.97 Å². The van der Waals surface area contributed by atoms with Gasteiger partial charge in [-0.05, 0) is 24.3 Å². The number of hydrogen-bond donors (Lipinski definition) is 0. The fourth-order valence-electron chi connectivity index (χ4n) is 1.96. The van der Waals surface area contributed by atoms with Gasteiger partial charge >= 0.3 is 66.7 Å². The summed E-state index contributed by atoms with van der Waals surface area (Å²) in [5.74, 6) is 0. The van der Waals surface area contributed by atoms with E-state index < -0.39 is 0 Å². The average Bonchev–Trinajstić information content (AvgIpc) is 3.46. The van der Waals surface area contributed by atoms with Gasteiger partial charge in [0.2, 0.25) is 0 Å². The molecule has 4 rings (SSSR count). The smallest absolute Gasteiger partial charge is 0.119 e. The summed E-state index contributed by atoms with van der Waals surface area (Å²) in [4.78, 5) is 8.35. The summed E-state index contributed by atoms with van der Waals surface area (Å²) in [7, 11) is 18.7. The van der Waals surface area contributed by atoms with Crippen LogP contribution in [0.1, 0.15) is 11.4 Å². The van der Waals surface area contributed by atoms with E-state index in [-0.39, 0.29) is 0 Å². The summed E-state index contributed by atoms with van der Waals surface area (Å²) in [5, 5.41) is 14.8. The molecule has 0 aliphatic heterocycles. The van der Waals surface area contributed by atoms with Crippen LogP contribution in [0.25, 0.3) is 0 Å². The molecule has 0 radical (unpaired) electrons. The third-order valence-electron chi connectivity index (χ3n) is 3.07.